The summed E-state index contributed by atoms with van der Waals surface area (Å²) in [5, 5.41) is 0. The van der Waals surface area contributed by atoms with Gasteiger partial charge in [-0.25, -0.2) is 4.98 Å². The highest BCUT2D eigenvalue weighted by Crippen LogP contribution is 2.46. The Balaban J connectivity index is 1.29. The second-order valence-electron chi connectivity index (χ2n) is 6.38. The number of aromatic nitrogens is 2. The van der Waals surface area contributed by atoms with E-state index in [9.17, 15) is 4.79 Å². The Morgan fingerprint density at radius 3 is 3.04 bits per heavy atom. The number of oxazole rings is 1. The number of hydrogen-bond donors (Lipinski definition) is 0. The minimum Gasteiger partial charge on any atom is -0.438 e. The molecule has 0 saturated carbocycles. The topological polar surface area (TPSA) is 68.5 Å². The number of thioether (sulfide) groups is 1. The first kappa shape index (κ1) is 15.7. The lowest BCUT2D eigenvalue weighted by Crippen LogP contribution is -2.60. The molecule has 0 radical (unpaired) electrons. The molecule has 1 amide bonds. The highest BCUT2D eigenvalue weighted by molar-refractivity contribution is 8.01. The number of pyridine rings is 1. The highest BCUT2D eigenvalue weighted by atomic mass is 32.2. The molecule has 0 unspecified atom stereocenters. The lowest BCUT2D eigenvalue weighted by Gasteiger charge is -2.47. The molecule has 1 spiro atoms. The minimum absolute atomic E-state index is 0.0610. The molecule has 24 heavy (non-hydrogen) atoms. The Morgan fingerprint density at radius 1 is 1.46 bits per heavy atom. The zero-order chi connectivity index (χ0) is 16.6. The summed E-state index contributed by atoms with van der Waals surface area (Å²) in [6, 6.07) is 5.85. The SMILES string of the molecule is Cc1ncoc1C(=O)N1CC2(C[C@@H](OCc3ccccn3)CS2)C1. The molecule has 0 bridgehead atoms. The van der Waals surface area contributed by atoms with E-state index in [0.717, 1.165) is 31.0 Å². The van der Waals surface area contributed by atoms with Crippen molar-refractivity contribution in [2.24, 2.45) is 0 Å². The predicted octanol–water partition coefficient (Wildman–Crippen LogP) is 2.29. The summed E-state index contributed by atoms with van der Waals surface area (Å²) >= 11 is 1.91. The fraction of sp³-hybridized carbons (Fsp3) is 0.471. The van der Waals surface area contributed by atoms with Crippen LogP contribution in [0.15, 0.2) is 35.2 Å². The first-order chi connectivity index (χ1) is 11.7. The molecule has 2 aliphatic heterocycles. The van der Waals surface area contributed by atoms with Crippen molar-refractivity contribution < 1.29 is 13.9 Å². The lowest BCUT2D eigenvalue weighted by atomic mass is 9.92. The molecule has 2 fully saturated rings. The Morgan fingerprint density at radius 2 is 2.33 bits per heavy atom. The molecule has 7 heteroatoms. The van der Waals surface area contributed by atoms with Crippen LogP contribution in [0, 0.1) is 6.92 Å². The number of hydrogen-bond acceptors (Lipinski definition) is 6. The van der Waals surface area contributed by atoms with Crippen LogP contribution in [-0.4, -0.2) is 50.5 Å². The smallest absolute Gasteiger partial charge is 0.291 e. The number of carbonyl (C=O) groups is 1. The number of rotatable bonds is 4. The van der Waals surface area contributed by atoms with Gasteiger partial charge in [0.1, 0.15) is 0 Å². The summed E-state index contributed by atoms with van der Waals surface area (Å²) in [6.07, 6.45) is 4.30. The monoisotopic (exact) mass is 345 g/mol. The van der Waals surface area contributed by atoms with E-state index in [1.807, 2.05) is 34.9 Å². The van der Waals surface area contributed by atoms with Gasteiger partial charge in [-0.3, -0.25) is 9.78 Å². The van der Waals surface area contributed by atoms with Crippen molar-refractivity contribution in [2.75, 3.05) is 18.8 Å². The van der Waals surface area contributed by atoms with Gasteiger partial charge in [-0.15, -0.1) is 11.8 Å². The number of ether oxygens (including phenoxy) is 1. The molecule has 0 aromatic carbocycles. The first-order valence-electron chi connectivity index (χ1n) is 8.00. The first-order valence-corrected chi connectivity index (χ1v) is 8.99. The highest BCUT2D eigenvalue weighted by Gasteiger charge is 2.51. The van der Waals surface area contributed by atoms with Gasteiger partial charge in [0.2, 0.25) is 5.76 Å². The van der Waals surface area contributed by atoms with Gasteiger partial charge in [-0.2, -0.15) is 0 Å². The lowest BCUT2D eigenvalue weighted by molar-refractivity contribution is 0.0233. The van der Waals surface area contributed by atoms with Gasteiger partial charge in [-0.1, -0.05) is 6.07 Å². The minimum atomic E-state index is -0.0610. The number of nitrogens with zero attached hydrogens (tertiary/aromatic N) is 3. The molecule has 2 aromatic rings. The maximum absolute atomic E-state index is 12.4. The van der Waals surface area contributed by atoms with Crippen LogP contribution in [0.2, 0.25) is 0 Å². The van der Waals surface area contributed by atoms with E-state index in [4.69, 9.17) is 9.15 Å². The van der Waals surface area contributed by atoms with Gasteiger partial charge in [-0.05, 0) is 25.5 Å². The molecule has 4 rings (SSSR count). The van der Waals surface area contributed by atoms with Crippen LogP contribution < -0.4 is 0 Å². The van der Waals surface area contributed by atoms with E-state index in [-0.39, 0.29) is 16.8 Å². The van der Waals surface area contributed by atoms with Crippen LogP contribution in [-0.2, 0) is 11.3 Å². The van der Waals surface area contributed by atoms with Crippen LogP contribution in [0.25, 0.3) is 0 Å². The van der Waals surface area contributed by atoms with E-state index in [1.54, 1.807) is 13.1 Å². The van der Waals surface area contributed by atoms with E-state index in [1.165, 1.54) is 6.39 Å². The van der Waals surface area contributed by atoms with Gasteiger partial charge < -0.3 is 14.1 Å². The molecule has 6 nitrogen and oxygen atoms in total. The van der Waals surface area contributed by atoms with Crippen LogP contribution >= 0.6 is 11.8 Å². The van der Waals surface area contributed by atoms with E-state index in [0.29, 0.717) is 18.1 Å². The molecule has 2 aromatic heterocycles. The van der Waals surface area contributed by atoms with Crippen molar-refractivity contribution in [3.8, 4) is 0 Å². The molecule has 1 atom stereocenters. The third kappa shape index (κ3) is 2.93. The quantitative estimate of drug-likeness (QED) is 0.847. The van der Waals surface area contributed by atoms with Gasteiger partial charge >= 0.3 is 0 Å². The van der Waals surface area contributed by atoms with Crippen molar-refractivity contribution >= 4 is 17.7 Å². The van der Waals surface area contributed by atoms with Gasteiger partial charge in [0, 0.05) is 25.0 Å². The predicted molar refractivity (Wildman–Crippen MR) is 89.8 cm³/mol. The molecule has 126 valence electrons. The largest absolute Gasteiger partial charge is 0.438 e. The summed E-state index contributed by atoms with van der Waals surface area (Å²) in [4.78, 5) is 22.5. The number of carbonyl (C=O) groups excluding carboxylic acids is 1. The van der Waals surface area contributed by atoms with E-state index < -0.39 is 0 Å². The average molecular weight is 345 g/mol. The summed E-state index contributed by atoms with van der Waals surface area (Å²) in [5.41, 5.74) is 1.60. The molecule has 0 N–H and O–H groups in total. The van der Waals surface area contributed by atoms with Crippen molar-refractivity contribution in [2.45, 2.75) is 30.8 Å². The van der Waals surface area contributed by atoms with Gasteiger partial charge in [0.05, 0.1) is 28.8 Å². The van der Waals surface area contributed by atoms with Crippen molar-refractivity contribution in [3.63, 3.8) is 0 Å². The fourth-order valence-corrected chi connectivity index (χ4v) is 4.81. The maximum atomic E-state index is 12.4. The number of likely N-dealkylation sites (tertiary alicyclic amines) is 1. The molecule has 2 saturated heterocycles. The third-order valence-electron chi connectivity index (χ3n) is 4.55. The standard InChI is InChI=1S/C17H19N3O3S/c1-12-15(23-11-19-12)16(21)20-9-17(10-20)6-14(8-24-17)22-7-13-4-2-3-5-18-13/h2-5,11,14H,6-10H2,1H3/t14-/m1/s1. The Hall–Kier alpha value is -1.86. The van der Waals surface area contributed by atoms with Gasteiger partial charge in [0.15, 0.2) is 6.39 Å². The normalized spacial score (nSPS) is 21.9. The van der Waals surface area contributed by atoms with Crippen molar-refractivity contribution in [1.29, 1.82) is 0 Å². The number of aryl methyl sites for hydroxylation is 1. The van der Waals surface area contributed by atoms with Crippen LogP contribution in [0.4, 0.5) is 0 Å². The second kappa shape index (κ2) is 6.22. The third-order valence-corrected chi connectivity index (χ3v) is 6.13. The molecule has 0 aliphatic carbocycles. The Labute approximate surface area is 144 Å². The fourth-order valence-electron chi connectivity index (χ4n) is 3.26. The Kier molecular flexibility index (Phi) is 4.05. The zero-order valence-corrected chi connectivity index (χ0v) is 14.3. The van der Waals surface area contributed by atoms with E-state index in [2.05, 4.69) is 9.97 Å². The number of amides is 1. The summed E-state index contributed by atoms with van der Waals surface area (Å²) in [5.74, 6) is 1.26. The Bertz CT molecular complexity index is 728. The van der Waals surface area contributed by atoms with Gasteiger partial charge in [0.25, 0.3) is 5.91 Å². The van der Waals surface area contributed by atoms with Crippen LogP contribution in [0.1, 0.15) is 28.4 Å². The molecule has 2 aliphatic rings. The molecule has 4 heterocycles. The molecular weight excluding hydrogens is 326 g/mol. The summed E-state index contributed by atoms with van der Waals surface area (Å²) < 4.78 is 11.3. The second-order valence-corrected chi connectivity index (χ2v) is 7.87. The van der Waals surface area contributed by atoms with Crippen molar-refractivity contribution in [1.82, 2.24) is 14.9 Å². The zero-order valence-electron chi connectivity index (χ0n) is 13.5. The summed E-state index contributed by atoms with van der Waals surface area (Å²) in [6.45, 7) is 3.83. The maximum Gasteiger partial charge on any atom is 0.291 e. The van der Waals surface area contributed by atoms with Crippen LogP contribution in [0.5, 0.6) is 0 Å². The summed E-state index contributed by atoms with van der Waals surface area (Å²) in [7, 11) is 0. The average Bonchev–Trinajstić information content (AvgIpc) is 3.18. The van der Waals surface area contributed by atoms with E-state index >= 15 is 0 Å². The van der Waals surface area contributed by atoms with Crippen LogP contribution in [0.3, 0.4) is 0 Å². The molecular formula is C17H19N3O3S. The van der Waals surface area contributed by atoms with Crippen molar-refractivity contribution in [3.05, 3.63) is 47.9 Å².